The Morgan fingerprint density at radius 3 is 2.61 bits per heavy atom. The van der Waals surface area contributed by atoms with Gasteiger partial charge in [0.25, 0.3) is 0 Å². The average molecular weight is 513 g/mol. The van der Waals surface area contributed by atoms with Crippen molar-refractivity contribution in [1.82, 2.24) is 14.8 Å². The van der Waals surface area contributed by atoms with Crippen LogP contribution in [0.4, 0.5) is 5.69 Å². The number of anilines is 1. The van der Waals surface area contributed by atoms with Crippen LogP contribution >= 0.6 is 11.8 Å². The minimum Gasteiger partial charge on any atom is -0.490 e. The Morgan fingerprint density at radius 1 is 1.03 bits per heavy atom. The number of hydrogen-bond acceptors (Lipinski definition) is 8. The van der Waals surface area contributed by atoms with E-state index in [-0.39, 0.29) is 18.3 Å². The molecule has 1 amide bonds. The zero-order chi connectivity index (χ0) is 25.9. The van der Waals surface area contributed by atoms with Crippen molar-refractivity contribution in [3.63, 3.8) is 0 Å². The largest absolute Gasteiger partial charge is 0.490 e. The van der Waals surface area contributed by atoms with Crippen molar-refractivity contribution in [1.29, 1.82) is 0 Å². The number of amides is 1. The molecule has 3 aromatic rings. The molecule has 192 valence electrons. The third-order valence-corrected chi connectivity index (χ3v) is 5.98. The highest BCUT2D eigenvalue weighted by Crippen LogP contribution is 2.29. The van der Waals surface area contributed by atoms with E-state index in [2.05, 4.69) is 15.5 Å². The highest BCUT2D eigenvalue weighted by atomic mass is 32.2. The molecule has 36 heavy (non-hydrogen) atoms. The second-order valence-corrected chi connectivity index (χ2v) is 8.81. The number of ether oxygens (including phenoxy) is 3. The first kappa shape index (κ1) is 27.1. The number of carbonyl (C=O) groups is 2. The number of nitrogens with zero attached hydrogens (tertiary/aromatic N) is 3. The fourth-order valence-corrected chi connectivity index (χ4v) is 4.15. The van der Waals surface area contributed by atoms with Gasteiger partial charge < -0.3 is 24.1 Å². The van der Waals surface area contributed by atoms with Crippen LogP contribution in [0.25, 0.3) is 0 Å². The molecule has 3 rings (SSSR count). The fourth-order valence-electron chi connectivity index (χ4n) is 3.32. The van der Waals surface area contributed by atoms with Gasteiger partial charge in [-0.2, -0.15) is 0 Å². The average Bonchev–Trinajstić information content (AvgIpc) is 3.27. The Bertz CT molecular complexity index is 1180. The Balaban J connectivity index is 1.58. The lowest BCUT2D eigenvalue weighted by Gasteiger charge is -2.13. The molecule has 0 spiro atoms. The molecule has 0 aliphatic carbocycles. The van der Waals surface area contributed by atoms with Crippen LogP contribution in [0.15, 0.2) is 47.6 Å². The second kappa shape index (κ2) is 13.5. The number of esters is 1. The maximum absolute atomic E-state index is 12.5. The number of aromatic nitrogens is 3. The SMILES string of the molecule is CCCOC(=O)c1cccc(NC(=O)CSc2nnc(COc3ccc(C)cc3OCC)n2CC)c1. The highest BCUT2D eigenvalue weighted by Gasteiger charge is 2.15. The maximum atomic E-state index is 12.5. The van der Waals surface area contributed by atoms with Gasteiger partial charge >= 0.3 is 5.97 Å². The summed E-state index contributed by atoms with van der Waals surface area (Å²) in [5.41, 5.74) is 2.01. The number of aryl methyl sites for hydroxylation is 1. The molecule has 9 nitrogen and oxygen atoms in total. The molecule has 0 aliphatic rings. The van der Waals surface area contributed by atoms with Gasteiger partial charge in [-0.1, -0.05) is 30.8 Å². The molecule has 10 heteroatoms. The zero-order valence-electron chi connectivity index (χ0n) is 21.1. The van der Waals surface area contributed by atoms with Crippen molar-refractivity contribution in [2.24, 2.45) is 0 Å². The summed E-state index contributed by atoms with van der Waals surface area (Å²) in [4.78, 5) is 24.6. The topological polar surface area (TPSA) is 105 Å². The molecule has 2 aromatic carbocycles. The maximum Gasteiger partial charge on any atom is 0.338 e. The predicted molar refractivity (Wildman–Crippen MR) is 139 cm³/mol. The number of thioether (sulfide) groups is 1. The molecule has 0 bridgehead atoms. The van der Waals surface area contributed by atoms with E-state index in [0.29, 0.717) is 53.5 Å². The minimum absolute atomic E-state index is 0.135. The molecular weight excluding hydrogens is 480 g/mol. The first-order valence-corrected chi connectivity index (χ1v) is 12.9. The third kappa shape index (κ3) is 7.48. The van der Waals surface area contributed by atoms with Crippen LogP contribution in [0.5, 0.6) is 11.5 Å². The van der Waals surface area contributed by atoms with Crippen molar-refractivity contribution < 1.29 is 23.8 Å². The van der Waals surface area contributed by atoms with Crippen molar-refractivity contribution in [2.75, 3.05) is 24.3 Å². The van der Waals surface area contributed by atoms with E-state index in [1.165, 1.54) is 11.8 Å². The molecule has 0 unspecified atom stereocenters. The summed E-state index contributed by atoms with van der Waals surface area (Å²) in [7, 11) is 0. The van der Waals surface area contributed by atoms with Gasteiger partial charge in [0.05, 0.1) is 24.5 Å². The van der Waals surface area contributed by atoms with Crippen LogP contribution in [0.1, 0.15) is 48.9 Å². The second-order valence-electron chi connectivity index (χ2n) is 7.87. The summed E-state index contributed by atoms with van der Waals surface area (Å²) in [5, 5.41) is 11.9. The van der Waals surface area contributed by atoms with Crippen molar-refractivity contribution in [3.8, 4) is 11.5 Å². The van der Waals surface area contributed by atoms with E-state index < -0.39 is 5.97 Å². The van der Waals surface area contributed by atoms with Gasteiger partial charge in [-0.3, -0.25) is 4.79 Å². The van der Waals surface area contributed by atoms with Gasteiger partial charge in [0.1, 0.15) is 6.61 Å². The van der Waals surface area contributed by atoms with Gasteiger partial charge in [-0.15, -0.1) is 10.2 Å². The monoisotopic (exact) mass is 512 g/mol. The van der Waals surface area contributed by atoms with Crippen molar-refractivity contribution in [2.45, 2.75) is 52.4 Å². The number of nitrogens with one attached hydrogen (secondary N) is 1. The lowest BCUT2D eigenvalue weighted by Crippen LogP contribution is -2.15. The van der Waals surface area contributed by atoms with E-state index in [1.807, 2.05) is 50.5 Å². The highest BCUT2D eigenvalue weighted by molar-refractivity contribution is 7.99. The summed E-state index contributed by atoms with van der Waals surface area (Å²) >= 11 is 1.28. The normalized spacial score (nSPS) is 10.7. The first-order chi connectivity index (χ1) is 17.4. The summed E-state index contributed by atoms with van der Waals surface area (Å²) < 4.78 is 18.7. The molecule has 1 N–H and O–H groups in total. The number of hydrogen-bond donors (Lipinski definition) is 1. The zero-order valence-corrected chi connectivity index (χ0v) is 21.9. The van der Waals surface area contributed by atoms with E-state index >= 15 is 0 Å². The Hall–Kier alpha value is -3.53. The van der Waals surface area contributed by atoms with Crippen LogP contribution in [-0.4, -0.2) is 45.6 Å². The van der Waals surface area contributed by atoms with Gasteiger partial charge in [0.2, 0.25) is 5.91 Å². The van der Waals surface area contributed by atoms with E-state index in [4.69, 9.17) is 14.2 Å². The Kier molecular flexibility index (Phi) is 10.2. The van der Waals surface area contributed by atoms with Crippen LogP contribution in [0, 0.1) is 6.92 Å². The van der Waals surface area contributed by atoms with Gasteiger partial charge in [-0.25, -0.2) is 4.79 Å². The molecule has 0 atom stereocenters. The first-order valence-electron chi connectivity index (χ1n) is 11.9. The Morgan fingerprint density at radius 2 is 1.86 bits per heavy atom. The van der Waals surface area contributed by atoms with E-state index in [1.54, 1.807) is 24.3 Å². The fraction of sp³-hybridized carbons (Fsp3) is 0.385. The van der Waals surface area contributed by atoms with Crippen LogP contribution in [-0.2, 0) is 22.7 Å². The molecule has 0 saturated carbocycles. The summed E-state index contributed by atoms with van der Waals surface area (Å²) in [6, 6.07) is 12.5. The van der Waals surface area contributed by atoms with Crippen molar-refractivity contribution in [3.05, 3.63) is 59.4 Å². The molecule has 1 heterocycles. The minimum atomic E-state index is -0.410. The lowest BCUT2D eigenvalue weighted by molar-refractivity contribution is -0.113. The standard InChI is InChI=1S/C26H32N4O5S/c1-5-13-34-25(32)19-9-8-10-20(15-19)27-24(31)17-36-26-29-28-23(30(26)6-2)16-35-21-12-11-18(4)14-22(21)33-7-3/h8-12,14-15H,5-7,13,16-17H2,1-4H3,(H,27,31). The molecular formula is C26H32N4O5S. The molecule has 0 aliphatic heterocycles. The van der Waals surface area contributed by atoms with Crippen LogP contribution in [0.3, 0.4) is 0 Å². The molecule has 1 aromatic heterocycles. The summed E-state index contributed by atoms with van der Waals surface area (Å²) in [6.07, 6.45) is 0.746. The van der Waals surface area contributed by atoms with Crippen molar-refractivity contribution >= 4 is 29.3 Å². The lowest BCUT2D eigenvalue weighted by atomic mass is 10.2. The number of carbonyl (C=O) groups excluding carboxylic acids is 2. The van der Waals surface area contributed by atoms with E-state index in [0.717, 1.165) is 12.0 Å². The predicted octanol–water partition coefficient (Wildman–Crippen LogP) is 4.88. The van der Waals surface area contributed by atoms with Crippen LogP contribution < -0.4 is 14.8 Å². The molecule has 0 saturated heterocycles. The van der Waals surface area contributed by atoms with Crippen LogP contribution in [0.2, 0.25) is 0 Å². The molecule has 0 radical (unpaired) electrons. The Labute approximate surface area is 215 Å². The quantitative estimate of drug-likeness (QED) is 0.255. The summed E-state index contributed by atoms with van der Waals surface area (Å²) in [6.45, 7) is 9.59. The third-order valence-electron chi connectivity index (χ3n) is 5.02. The van der Waals surface area contributed by atoms with Gasteiger partial charge in [-0.05, 0) is 63.1 Å². The number of benzene rings is 2. The number of rotatable bonds is 13. The van der Waals surface area contributed by atoms with Gasteiger partial charge in [0, 0.05) is 12.2 Å². The van der Waals surface area contributed by atoms with E-state index in [9.17, 15) is 9.59 Å². The smallest absolute Gasteiger partial charge is 0.338 e. The molecule has 0 fully saturated rings. The summed E-state index contributed by atoms with van der Waals surface area (Å²) in [5.74, 6) is 1.49. The van der Waals surface area contributed by atoms with Gasteiger partial charge in [0.15, 0.2) is 22.5 Å².